The standard InChI is InChI=1S/C26H30N2O6/c1-33-15-23(24(29)27-17-12-10-16(11-13-17)25(30)31)28-26(32)34-14-22-20-8-4-2-6-18(20)19-7-3-5-9-21(19)22/h2-9,16-17,22-23H,10-15H2,1H3,(H,27,29)(H,28,32)(H,30,31)/t16?,17?,23-/m0/s1. The number of fused-ring (bicyclic) bond motifs is 3. The highest BCUT2D eigenvalue weighted by molar-refractivity contribution is 5.86. The van der Waals surface area contributed by atoms with Crippen LogP contribution in [0.25, 0.3) is 11.1 Å². The van der Waals surface area contributed by atoms with Gasteiger partial charge in [-0.1, -0.05) is 48.5 Å². The summed E-state index contributed by atoms with van der Waals surface area (Å²) < 4.78 is 10.7. The SMILES string of the molecule is COC[C@H](NC(=O)OCC1c2ccccc2-c2ccccc21)C(=O)NC1CCC(C(=O)O)CC1. The molecule has 2 aromatic carbocycles. The van der Waals surface area contributed by atoms with Gasteiger partial charge in [0.25, 0.3) is 0 Å². The van der Waals surface area contributed by atoms with E-state index in [1.54, 1.807) is 0 Å². The van der Waals surface area contributed by atoms with Gasteiger partial charge in [-0.2, -0.15) is 0 Å². The van der Waals surface area contributed by atoms with Crippen molar-refractivity contribution in [1.82, 2.24) is 10.6 Å². The van der Waals surface area contributed by atoms with E-state index in [0.29, 0.717) is 25.7 Å². The van der Waals surface area contributed by atoms with Crippen LogP contribution in [0.15, 0.2) is 48.5 Å². The number of carboxylic acids is 1. The molecule has 0 aromatic heterocycles. The average molecular weight is 467 g/mol. The Hall–Kier alpha value is -3.39. The molecule has 0 unspecified atom stereocenters. The first kappa shape index (κ1) is 23.8. The van der Waals surface area contributed by atoms with Crippen molar-refractivity contribution in [2.24, 2.45) is 5.92 Å². The lowest BCUT2D eigenvalue weighted by atomic mass is 9.86. The summed E-state index contributed by atoms with van der Waals surface area (Å²) >= 11 is 0. The van der Waals surface area contributed by atoms with Crippen LogP contribution < -0.4 is 10.6 Å². The fraction of sp³-hybridized carbons (Fsp3) is 0.423. The van der Waals surface area contributed by atoms with Gasteiger partial charge >= 0.3 is 12.1 Å². The Balaban J connectivity index is 1.33. The summed E-state index contributed by atoms with van der Waals surface area (Å²) in [6.07, 6.45) is 1.54. The quantitative estimate of drug-likeness (QED) is 0.550. The lowest BCUT2D eigenvalue weighted by Crippen LogP contribution is -2.52. The van der Waals surface area contributed by atoms with Gasteiger partial charge in [0.05, 0.1) is 12.5 Å². The van der Waals surface area contributed by atoms with E-state index in [1.807, 2.05) is 36.4 Å². The maximum atomic E-state index is 12.8. The average Bonchev–Trinajstić information content (AvgIpc) is 3.16. The highest BCUT2D eigenvalue weighted by Gasteiger charge is 2.31. The molecular weight excluding hydrogens is 436 g/mol. The first-order valence-corrected chi connectivity index (χ1v) is 11.6. The molecule has 4 rings (SSSR count). The Morgan fingerprint density at radius 2 is 1.56 bits per heavy atom. The van der Waals surface area contributed by atoms with Crippen LogP contribution in [-0.4, -0.2) is 55.5 Å². The number of methoxy groups -OCH3 is 1. The van der Waals surface area contributed by atoms with Gasteiger partial charge in [-0.25, -0.2) is 4.79 Å². The summed E-state index contributed by atoms with van der Waals surface area (Å²) in [5, 5.41) is 14.7. The van der Waals surface area contributed by atoms with E-state index in [4.69, 9.17) is 14.6 Å². The number of carboxylic acid groups (broad SMARTS) is 1. The predicted octanol–water partition coefficient (Wildman–Crippen LogP) is 3.30. The Morgan fingerprint density at radius 1 is 0.971 bits per heavy atom. The van der Waals surface area contributed by atoms with Gasteiger partial charge in [-0.3, -0.25) is 9.59 Å². The minimum absolute atomic E-state index is 0.000496. The van der Waals surface area contributed by atoms with Gasteiger partial charge in [0.1, 0.15) is 12.6 Å². The maximum Gasteiger partial charge on any atom is 0.407 e. The summed E-state index contributed by atoms with van der Waals surface area (Å²) in [6, 6.07) is 15.1. The number of carbonyl (C=O) groups excluding carboxylic acids is 2. The monoisotopic (exact) mass is 466 g/mol. The van der Waals surface area contributed by atoms with Gasteiger partial charge in [-0.05, 0) is 47.9 Å². The van der Waals surface area contributed by atoms with Gasteiger partial charge in [0.15, 0.2) is 0 Å². The van der Waals surface area contributed by atoms with Crippen molar-refractivity contribution in [2.75, 3.05) is 20.3 Å². The third kappa shape index (κ3) is 5.22. The normalized spacial score (nSPS) is 20.0. The largest absolute Gasteiger partial charge is 0.481 e. The van der Waals surface area contributed by atoms with Crippen molar-refractivity contribution in [3.8, 4) is 11.1 Å². The molecule has 1 atom stereocenters. The van der Waals surface area contributed by atoms with Crippen LogP contribution in [0.1, 0.15) is 42.7 Å². The predicted molar refractivity (Wildman–Crippen MR) is 125 cm³/mol. The minimum atomic E-state index is -0.905. The molecule has 3 N–H and O–H groups in total. The van der Waals surface area contributed by atoms with Gasteiger partial charge in [-0.15, -0.1) is 0 Å². The number of hydrogen-bond donors (Lipinski definition) is 3. The van der Waals surface area contributed by atoms with Crippen molar-refractivity contribution >= 4 is 18.0 Å². The first-order chi connectivity index (χ1) is 16.5. The zero-order chi connectivity index (χ0) is 24.1. The lowest BCUT2D eigenvalue weighted by molar-refractivity contribution is -0.142. The zero-order valence-electron chi connectivity index (χ0n) is 19.2. The third-order valence-corrected chi connectivity index (χ3v) is 6.71. The molecule has 1 fully saturated rings. The van der Waals surface area contributed by atoms with Crippen molar-refractivity contribution in [3.63, 3.8) is 0 Å². The number of ether oxygens (including phenoxy) is 2. The van der Waals surface area contributed by atoms with Crippen LogP contribution in [0.4, 0.5) is 4.79 Å². The van der Waals surface area contributed by atoms with E-state index < -0.39 is 18.1 Å². The molecule has 0 spiro atoms. The summed E-state index contributed by atoms with van der Waals surface area (Å²) in [6.45, 7) is 0.154. The number of aliphatic carboxylic acids is 1. The van der Waals surface area contributed by atoms with Crippen molar-refractivity contribution in [1.29, 1.82) is 0 Å². The topological polar surface area (TPSA) is 114 Å². The van der Waals surface area contributed by atoms with Gasteiger partial charge in [0, 0.05) is 19.1 Å². The molecule has 0 heterocycles. The van der Waals surface area contributed by atoms with Crippen LogP contribution in [0.3, 0.4) is 0 Å². The lowest BCUT2D eigenvalue weighted by Gasteiger charge is -2.28. The van der Waals surface area contributed by atoms with Crippen LogP contribution >= 0.6 is 0 Å². The summed E-state index contributed by atoms with van der Waals surface area (Å²) in [5.41, 5.74) is 4.50. The molecule has 180 valence electrons. The molecule has 8 heteroatoms. The highest BCUT2D eigenvalue weighted by Crippen LogP contribution is 2.44. The van der Waals surface area contributed by atoms with Crippen molar-refractivity contribution in [2.45, 2.75) is 43.7 Å². The summed E-state index contributed by atoms with van der Waals surface area (Å²) in [4.78, 5) is 36.5. The molecule has 8 nitrogen and oxygen atoms in total. The van der Waals surface area contributed by atoms with E-state index in [-0.39, 0.29) is 37.0 Å². The zero-order valence-corrected chi connectivity index (χ0v) is 19.2. The molecule has 2 aliphatic rings. The van der Waals surface area contributed by atoms with Crippen LogP contribution in [0.2, 0.25) is 0 Å². The third-order valence-electron chi connectivity index (χ3n) is 6.71. The number of carbonyl (C=O) groups is 3. The fourth-order valence-electron chi connectivity index (χ4n) is 4.92. The van der Waals surface area contributed by atoms with E-state index in [0.717, 1.165) is 22.3 Å². The van der Waals surface area contributed by atoms with Crippen LogP contribution in [0, 0.1) is 5.92 Å². The number of rotatable bonds is 8. The fourth-order valence-corrected chi connectivity index (χ4v) is 4.92. The number of benzene rings is 2. The Kier molecular flexibility index (Phi) is 7.47. The van der Waals surface area contributed by atoms with Gasteiger partial charge in [0.2, 0.25) is 5.91 Å². The number of nitrogens with one attached hydrogen (secondary N) is 2. The van der Waals surface area contributed by atoms with E-state index >= 15 is 0 Å². The number of alkyl carbamates (subject to hydrolysis) is 1. The summed E-state index contributed by atoms with van der Waals surface area (Å²) in [7, 11) is 1.46. The smallest absolute Gasteiger partial charge is 0.407 e. The molecule has 1 saturated carbocycles. The van der Waals surface area contributed by atoms with Crippen molar-refractivity contribution < 1.29 is 29.0 Å². The molecule has 0 aliphatic heterocycles. The minimum Gasteiger partial charge on any atom is -0.481 e. The maximum absolute atomic E-state index is 12.8. The first-order valence-electron chi connectivity index (χ1n) is 11.6. The Morgan fingerprint density at radius 3 is 2.12 bits per heavy atom. The van der Waals surface area contributed by atoms with Crippen molar-refractivity contribution in [3.05, 3.63) is 59.7 Å². The second-order valence-electron chi connectivity index (χ2n) is 8.87. The number of hydrogen-bond acceptors (Lipinski definition) is 5. The molecule has 34 heavy (non-hydrogen) atoms. The molecule has 0 radical (unpaired) electrons. The molecule has 2 amide bonds. The van der Waals surface area contributed by atoms with E-state index in [1.165, 1.54) is 7.11 Å². The van der Waals surface area contributed by atoms with E-state index in [2.05, 4.69) is 22.8 Å². The van der Waals surface area contributed by atoms with E-state index in [9.17, 15) is 14.4 Å². The van der Waals surface area contributed by atoms with Gasteiger partial charge < -0.3 is 25.2 Å². The molecule has 2 aromatic rings. The summed E-state index contributed by atoms with van der Waals surface area (Å²) in [5.74, 6) is -1.59. The molecule has 2 aliphatic carbocycles. The van der Waals surface area contributed by atoms with Crippen LogP contribution in [-0.2, 0) is 19.1 Å². The second kappa shape index (κ2) is 10.7. The Labute approximate surface area is 198 Å². The molecular formula is C26H30N2O6. The molecule has 0 saturated heterocycles. The number of amides is 2. The second-order valence-corrected chi connectivity index (χ2v) is 8.87. The molecule has 0 bridgehead atoms. The highest BCUT2D eigenvalue weighted by atomic mass is 16.5. The van der Waals surface area contributed by atoms with Crippen LogP contribution in [0.5, 0.6) is 0 Å². The Bertz CT molecular complexity index is 1000.